The molecule has 0 atom stereocenters. The van der Waals surface area contributed by atoms with Gasteiger partial charge >= 0.3 is 0 Å². The summed E-state index contributed by atoms with van der Waals surface area (Å²) in [5.74, 6) is 1.28. The lowest BCUT2D eigenvalue weighted by Crippen LogP contribution is -2.42. The van der Waals surface area contributed by atoms with E-state index in [2.05, 4.69) is 36.2 Å². The van der Waals surface area contributed by atoms with E-state index in [1.54, 1.807) is 18.6 Å². The maximum absolute atomic E-state index is 12.9. The van der Waals surface area contributed by atoms with E-state index >= 15 is 0 Å². The Morgan fingerprint density at radius 1 is 1.00 bits per heavy atom. The van der Waals surface area contributed by atoms with E-state index in [0.29, 0.717) is 23.2 Å². The molecule has 5 rings (SSSR count). The van der Waals surface area contributed by atoms with Gasteiger partial charge in [-0.2, -0.15) is 0 Å². The van der Waals surface area contributed by atoms with E-state index in [4.69, 9.17) is 0 Å². The Morgan fingerprint density at radius 3 is 2.70 bits per heavy atom. The van der Waals surface area contributed by atoms with Crippen molar-refractivity contribution in [3.8, 4) is 0 Å². The van der Waals surface area contributed by atoms with Gasteiger partial charge in [-0.05, 0) is 57.0 Å². The first kappa shape index (κ1) is 18.7. The number of carbonyl (C=O) groups is 1. The van der Waals surface area contributed by atoms with Crippen molar-refractivity contribution in [2.45, 2.75) is 37.8 Å². The van der Waals surface area contributed by atoms with Crippen LogP contribution in [0.3, 0.4) is 0 Å². The SMILES string of the molecule is O=C(NC1CCNCC1)c1cnc(Nc2ccc3cnccc3n2)cc1NC1CC1. The van der Waals surface area contributed by atoms with Crippen LogP contribution in [0.5, 0.6) is 0 Å². The molecule has 2 aliphatic rings. The number of piperidine rings is 1. The minimum absolute atomic E-state index is 0.0690. The third-order valence-electron chi connectivity index (χ3n) is 5.51. The monoisotopic (exact) mass is 403 g/mol. The highest BCUT2D eigenvalue weighted by Crippen LogP contribution is 2.29. The standard InChI is InChI=1S/C22H25N7O/c30-22(27-16-5-8-23-9-6-16)17-13-25-21(11-19(17)26-15-2-3-15)29-20-4-1-14-12-24-10-7-18(14)28-20/h1,4,7,10-13,15-16,23H,2-3,5-6,8-9H2,(H,27,30)(H2,25,26,28,29). The van der Waals surface area contributed by atoms with Gasteiger partial charge in [0.1, 0.15) is 11.6 Å². The molecule has 2 fully saturated rings. The maximum atomic E-state index is 12.9. The summed E-state index contributed by atoms with van der Waals surface area (Å²) >= 11 is 0. The van der Waals surface area contributed by atoms with Crippen LogP contribution in [0.2, 0.25) is 0 Å². The number of pyridine rings is 3. The molecule has 0 bridgehead atoms. The van der Waals surface area contributed by atoms with Crippen LogP contribution in [0.25, 0.3) is 10.9 Å². The Balaban J connectivity index is 1.37. The zero-order valence-electron chi connectivity index (χ0n) is 16.7. The smallest absolute Gasteiger partial charge is 0.255 e. The van der Waals surface area contributed by atoms with E-state index < -0.39 is 0 Å². The summed E-state index contributed by atoms with van der Waals surface area (Å²) < 4.78 is 0. The second-order valence-corrected chi connectivity index (χ2v) is 7.92. The second-order valence-electron chi connectivity index (χ2n) is 7.92. The first-order valence-corrected chi connectivity index (χ1v) is 10.5. The van der Waals surface area contributed by atoms with Crippen molar-refractivity contribution in [3.05, 3.63) is 48.4 Å². The Morgan fingerprint density at radius 2 is 1.87 bits per heavy atom. The molecule has 0 spiro atoms. The Kier molecular flexibility index (Phi) is 5.15. The summed E-state index contributed by atoms with van der Waals surface area (Å²) in [6.45, 7) is 1.88. The average molecular weight is 403 g/mol. The predicted molar refractivity (Wildman–Crippen MR) is 117 cm³/mol. The van der Waals surface area contributed by atoms with Crippen molar-refractivity contribution in [2.24, 2.45) is 0 Å². The first-order chi connectivity index (χ1) is 14.7. The van der Waals surface area contributed by atoms with Crippen molar-refractivity contribution in [3.63, 3.8) is 0 Å². The van der Waals surface area contributed by atoms with E-state index in [9.17, 15) is 4.79 Å². The van der Waals surface area contributed by atoms with E-state index in [1.807, 2.05) is 24.3 Å². The zero-order chi connectivity index (χ0) is 20.3. The molecule has 0 radical (unpaired) electrons. The number of fused-ring (bicyclic) bond motifs is 1. The molecule has 30 heavy (non-hydrogen) atoms. The fourth-order valence-corrected chi connectivity index (χ4v) is 3.67. The molecule has 0 unspecified atom stereocenters. The Bertz CT molecular complexity index is 1060. The molecule has 3 aromatic rings. The minimum atomic E-state index is -0.0690. The van der Waals surface area contributed by atoms with Gasteiger partial charge in [0, 0.05) is 42.1 Å². The summed E-state index contributed by atoms with van der Waals surface area (Å²) in [4.78, 5) is 26.1. The molecule has 154 valence electrons. The fraction of sp³-hybridized carbons (Fsp3) is 0.364. The summed E-state index contributed by atoms with van der Waals surface area (Å²) in [5.41, 5.74) is 2.26. The molecule has 1 saturated heterocycles. The van der Waals surface area contributed by atoms with Crippen LogP contribution in [0, 0.1) is 0 Å². The molecule has 4 heterocycles. The third-order valence-corrected chi connectivity index (χ3v) is 5.51. The van der Waals surface area contributed by atoms with Gasteiger partial charge in [-0.1, -0.05) is 0 Å². The molecule has 8 heteroatoms. The highest BCUT2D eigenvalue weighted by Gasteiger charge is 2.25. The van der Waals surface area contributed by atoms with Gasteiger partial charge in [0.05, 0.1) is 16.8 Å². The van der Waals surface area contributed by atoms with Gasteiger partial charge < -0.3 is 21.3 Å². The van der Waals surface area contributed by atoms with E-state index in [0.717, 1.165) is 55.4 Å². The van der Waals surface area contributed by atoms with Gasteiger partial charge in [-0.15, -0.1) is 0 Å². The van der Waals surface area contributed by atoms with Crippen LogP contribution in [-0.4, -0.2) is 46.0 Å². The van der Waals surface area contributed by atoms with Crippen molar-refractivity contribution >= 4 is 34.1 Å². The number of hydrogen-bond donors (Lipinski definition) is 4. The molecule has 1 saturated carbocycles. The van der Waals surface area contributed by atoms with Crippen LogP contribution in [0.4, 0.5) is 17.3 Å². The molecule has 4 N–H and O–H groups in total. The fourth-order valence-electron chi connectivity index (χ4n) is 3.67. The van der Waals surface area contributed by atoms with Crippen LogP contribution >= 0.6 is 0 Å². The van der Waals surface area contributed by atoms with Gasteiger partial charge in [0.15, 0.2) is 0 Å². The number of rotatable bonds is 6. The number of aromatic nitrogens is 3. The second kappa shape index (κ2) is 8.23. The van der Waals surface area contributed by atoms with Gasteiger partial charge in [0.25, 0.3) is 5.91 Å². The van der Waals surface area contributed by atoms with Gasteiger partial charge in [0.2, 0.25) is 0 Å². The molecule has 1 aliphatic carbocycles. The van der Waals surface area contributed by atoms with E-state index in [1.165, 1.54) is 0 Å². The highest BCUT2D eigenvalue weighted by atomic mass is 16.1. The highest BCUT2D eigenvalue weighted by molar-refractivity contribution is 6.00. The van der Waals surface area contributed by atoms with Crippen molar-refractivity contribution < 1.29 is 4.79 Å². The molecular formula is C22H25N7O. The van der Waals surface area contributed by atoms with Crippen LogP contribution in [0.1, 0.15) is 36.0 Å². The Labute approximate surface area is 174 Å². The number of anilines is 3. The minimum Gasteiger partial charge on any atom is -0.382 e. The number of amides is 1. The lowest BCUT2D eigenvalue weighted by atomic mass is 10.1. The molecule has 1 aliphatic heterocycles. The molecule has 8 nitrogen and oxygen atoms in total. The quantitative estimate of drug-likeness (QED) is 0.502. The van der Waals surface area contributed by atoms with Crippen molar-refractivity contribution in [1.82, 2.24) is 25.6 Å². The van der Waals surface area contributed by atoms with Crippen molar-refractivity contribution in [2.75, 3.05) is 23.7 Å². The summed E-state index contributed by atoms with van der Waals surface area (Å²) in [5, 5.41) is 14.2. The van der Waals surface area contributed by atoms with Crippen LogP contribution in [-0.2, 0) is 0 Å². The van der Waals surface area contributed by atoms with E-state index in [-0.39, 0.29) is 11.9 Å². The molecule has 0 aromatic carbocycles. The predicted octanol–water partition coefficient (Wildman–Crippen LogP) is 2.82. The maximum Gasteiger partial charge on any atom is 0.255 e. The van der Waals surface area contributed by atoms with Gasteiger partial charge in [-0.25, -0.2) is 9.97 Å². The van der Waals surface area contributed by atoms with Crippen LogP contribution < -0.4 is 21.3 Å². The van der Waals surface area contributed by atoms with Crippen LogP contribution in [0.15, 0.2) is 42.9 Å². The van der Waals surface area contributed by atoms with Gasteiger partial charge in [-0.3, -0.25) is 9.78 Å². The topological polar surface area (TPSA) is 104 Å². The molecular weight excluding hydrogens is 378 g/mol. The lowest BCUT2D eigenvalue weighted by Gasteiger charge is -2.24. The zero-order valence-corrected chi connectivity index (χ0v) is 16.7. The van der Waals surface area contributed by atoms with Crippen molar-refractivity contribution in [1.29, 1.82) is 0 Å². The number of nitrogens with one attached hydrogen (secondary N) is 4. The number of nitrogens with zero attached hydrogens (tertiary/aromatic N) is 3. The summed E-state index contributed by atoms with van der Waals surface area (Å²) in [6, 6.07) is 8.29. The first-order valence-electron chi connectivity index (χ1n) is 10.5. The number of carbonyl (C=O) groups excluding carboxylic acids is 1. The molecule has 1 amide bonds. The number of hydrogen-bond acceptors (Lipinski definition) is 7. The summed E-state index contributed by atoms with van der Waals surface area (Å²) in [6.07, 6.45) is 9.32. The lowest BCUT2D eigenvalue weighted by molar-refractivity contribution is 0.0930. The Hall–Kier alpha value is -3.26. The largest absolute Gasteiger partial charge is 0.382 e. The third kappa shape index (κ3) is 4.33. The molecule has 3 aromatic heterocycles. The average Bonchev–Trinajstić information content (AvgIpc) is 3.58. The normalized spacial score (nSPS) is 16.9. The summed E-state index contributed by atoms with van der Waals surface area (Å²) in [7, 11) is 0.